The van der Waals surface area contributed by atoms with Crippen molar-refractivity contribution in [2.45, 2.75) is 51.2 Å². The number of amides is 1. The first-order valence-corrected chi connectivity index (χ1v) is 13.6. The van der Waals surface area contributed by atoms with Crippen LogP contribution in [0.2, 0.25) is 0 Å². The number of benzene rings is 3. The maximum atomic E-state index is 13.5. The minimum absolute atomic E-state index is 0.00481. The molecular formula is C30H33N3O3S. The molecule has 0 saturated carbocycles. The fourth-order valence-electron chi connectivity index (χ4n) is 4.05. The molecule has 7 heteroatoms. The topological polar surface area (TPSA) is 64.4 Å². The molecule has 0 aliphatic carbocycles. The molecule has 0 bridgehead atoms. The minimum atomic E-state index is -0.0875. The molecule has 0 spiro atoms. The van der Waals surface area contributed by atoms with Gasteiger partial charge in [0.05, 0.1) is 22.8 Å². The summed E-state index contributed by atoms with van der Waals surface area (Å²) in [6.45, 7) is 6.05. The predicted octanol–water partition coefficient (Wildman–Crippen LogP) is 5.53. The first-order chi connectivity index (χ1) is 18.0. The van der Waals surface area contributed by atoms with E-state index in [1.165, 1.54) is 11.8 Å². The quantitative estimate of drug-likeness (QED) is 0.141. The first-order valence-electron chi connectivity index (χ1n) is 12.6. The highest BCUT2D eigenvalue weighted by molar-refractivity contribution is 7.99. The average molecular weight is 516 g/mol. The Labute approximate surface area is 222 Å². The second-order valence-electron chi connectivity index (χ2n) is 9.15. The van der Waals surface area contributed by atoms with E-state index in [-0.39, 0.29) is 23.3 Å². The van der Waals surface area contributed by atoms with E-state index in [9.17, 15) is 9.59 Å². The summed E-state index contributed by atoms with van der Waals surface area (Å²) in [5.41, 5.74) is 2.70. The zero-order valence-corrected chi connectivity index (χ0v) is 22.2. The molecule has 1 aromatic heterocycles. The van der Waals surface area contributed by atoms with Crippen molar-refractivity contribution in [2.75, 3.05) is 12.4 Å². The van der Waals surface area contributed by atoms with E-state index in [0.717, 1.165) is 11.1 Å². The number of carbonyl (C=O) groups excluding carboxylic acids is 1. The van der Waals surface area contributed by atoms with Crippen molar-refractivity contribution in [2.24, 2.45) is 0 Å². The summed E-state index contributed by atoms with van der Waals surface area (Å²) >= 11 is 1.32. The van der Waals surface area contributed by atoms with Gasteiger partial charge < -0.3 is 9.64 Å². The molecular weight excluding hydrogens is 482 g/mol. The van der Waals surface area contributed by atoms with Crippen LogP contribution in [0.3, 0.4) is 0 Å². The molecule has 4 rings (SSSR count). The number of hydrogen-bond acceptors (Lipinski definition) is 5. The number of para-hydroxylation sites is 1. The SMILES string of the molecule is CC(C)OCCCn1c(SCC(=O)N(Cc2ccccc2)Cc2ccccc2)nc2ccccc2c1=O. The minimum Gasteiger partial charge on any atom is -0.379 e. The molecule has 1 heterocycles. The molecule has 37 heavy (non-hydrogen) atoms. The lowest BCUT2D eigenvalue weighted by molar-refractivity contribution is -0.129. The first kappa shape index (κ1) is 26.6. The number of fused-ring (bicyclic) bond motifs is 1. The fraction of sp³-hybridized carbons (Fsp3) is 0.300. The Morgan fingerprint density at radius 1 is 0.919 bits per heavy atom. The molecule has 0 aliphatic rings. The van der Waals surface area contributed by atoms with Crippen LogP contribution in [0.5, 0.6) is 0 Å². The third-order valence-electron chi connectivity index (χ3n) is 5.91. The van der Waals surface area contributed by atoms with Gasteiger partial charge in [0.25, 0.3) is 5.56 Å². The Morgan fingerprint density at radius 2 is 1.51 bits per heavy atom. The van der Waals surface area contributed by atoms with E-state index in [1.807, 2.05) is 97.6 Å². The van der Waals surface area contributed by atoms with Gasteiger partial charge in [-0.15, -0.1) is 0 Å². The molecule has 0 N–H and O–H groups in total. The van der Waals surface area contributed by atoms with E-state index < -0.39 is 0 Å². The summed E-state index contributed by atoms with van der Waals surface area (Å²) in [4.78, 5) is 33.4. The van der Waals surface area contributed by atoms with Crippen LogP contribution >= 0.6 is 11.8 Å². The van der Waals surface area contributed by atoms with Gasteiger partial charge in [0, 0.05) is 26.2 Å². The van der Waals surface area contributed by atoms with Crippen LogP contribution in [-0.4, -0.2) is 38.8 Å². The Bertz CT molecular complexity index is 1320. The summed E-state index contributed by atoms with van der Waals surface area (Å²) in [5.74, 6) is 0.183. The standard InChI is InChI=1S/C30H33N3O3S/c1-23(2)36-19-11-18-33-29(35)26-16-9-10-17-27(26)31-30(33)37-22-28(34)32(20-24-12-5-3-6-13-24)21-25-14-7-4-8-15-25/h3-10,12-17,23H,11,18-22H2,1-2H3. The summed E-state index contributed by atoms with van der Waals surface area (Å²) in [5, 5.41) is 1.14. The second-order valence-corrected chi connectivity index (χ2v) is 10.1. The van der Waals surface area contributed by atoms with Crippen LogP contribution in [0, 0.1) is 0 Å². The van der Waals surface area contributed by atoms with Gasteiger partial charge in [-0.3, -0.25) is 14.2 Å². The summed E-state index contributed by atoms with van der Waals surface area (Å²) in [6, 6.07) is 27.3. The lowest BCUT2D eigenvalue weighted by Gasteiger charge is -2.23. The van der Waals surface area contributed by atoms with Gasteiger partial charge in [0.1, 0.15) is 0 Å². The molecule has 1 amide bonds. The highest BCUT2D eigenvalue weighted by atomic mass is 32.2. The summed E-state index contributed by atoms with van der Waals surface area (Å²) in [7, 11) is 0. The number of thioether (sulfide) groups is 1. The Hall–Kier alpha value is -3.42. The molecule has 0 aliphatic heterocycles. The normalized spacial score (nSPS) is 11.2. The molecule has 4 aromatic rings. The molecule has 3 aromatic carbocycles. The highest BCUT2D eigenvalue weighted by Crippen LogP contribution is 2.20. The third-order valence-corrected chi connectivity index (χ3v) is 6.87. The summed E-state index contributed by atoms with van der Waals surface area (Å²) in [6.07, 6.45) is 0.825. The van der Waals surface area contributed by atoms with Crippen molar-refractivity contribution in [3.05, 3.63) is 106 Å². The largest absolute Gasteiger partial charge is 0.379 e. The Morgan fingerprint density at radius 3 is 2.14 bits per heavy atom. The van der Waals surface area contributed by atoms with Crippen molar-refractivity contribution in [1.82, 2.24) is 14.5 Å². The van der Waals surface area contributed by atoms with Crippen LogP contribution in [0.25, 0.3) is 10.9 Å². The van der Waals surface area contributed by atoms with Crippen LogP contribution in [0.15, 0.2) is 94.9 Å². The van der Waals surface area contributed by atoms with Crippen molar-refractivity contribution in [3.8, 4) is 0 Å². The van der Waals surface area contributed by atoms with Crippen LogP contribution < -0.4 is 5.56 Å². The molecule has 6 nitrogen and oxygen atoms in total. The van der Waals surface area contributed by atoms with Crippen LogP contribution in [0.4, 0.5) is 0 Å². The van der Waals surface area contributed by atoms with E-state index in [2.05, 4.69) is 0 Å². The van der Waals surface area contributed by atoms with E-state index in [4.69, 9.17) is 9.72 Å². The van der Waals surface area contributed by atoms with E-state index in [1.54, 1.807) is 10.6 Å². The second kappa shape index (κ2) is 13.2. The highest BCUT2D eigenvalue weighted by Gasteiger charge is 2.18. The van der Waals surface area contributed by atoms with Gasteiger partial charge in [-0.25, -0.2) is 4.98 Å². The molecule has 0 unspecified atom stereocenters. The lowest BCUT2D eigenvalue weighted by Crippen LogP contribution is -2.32. The zero-order chi connectivity index (χ0) is 26.0. The molecule has 0 atom stereocenters. The number of carbonyl (C=O) groups is 1. The number of hydrogen-bond donors (Lipinski definition) is 0. The predicted molar refractivity (Wildman–Crippen MR) is 150 cm³/mol. The number of aromatic nitrogens is 2. The van der Waals surface area contributed by atoms with Gasteiger partial charge in [-0.05, 0) is 43.5 Å². The Kier molecular flexibility index (Phi) is 9.52. The molecule has 192 valence electrons. The fourth-order valence-corrected chi connectivity index (χ4v) is 4.98. The lowest BCUT2D eigenvalue weighted by atomic mass is 10.1. The van der Waals surface area contributed by atoms with Gasteiger partial charge in [-0.2, -0.15) is 0 Å². The van der Waals surface area contributed by atoms with E-state index >= 15 is 0 Å². The summed E-state index contributed by atoms with van der Waals surface area (Å²) < 4.78 is 7.35. The van der Waals surface area contributed by atoms with Crippen molar-refractivity contribution < 1.29 is 9.53 Å². The van der Waals surface area contributed by atoms with Gasteiger partial charge in [0.15, 0.2) is 5.16 Å². The monoisotopic (exact) mass is 515 g/mol. The number of nitrogens with zero attached hydrogens (tertiary/aromatic N) is 3. The van der Waals surface area contributed by atoms with Crippen LogP contribution in [0.1, 0.15) is 31.4 Å². The van der Waals surface area contributed by atoms with Crippen molar-refractivity contribution in [1.29, 1.82) is 0 Å². The molecule has 0 saturated heterocycles. The van der Waals surface area contributed by atoms with Crippen molar-refractivity contribution >= 4 is 28.6 Å². The molecule has 0 fully saturated rings. The van der Waals surface area contributed by atoms with Gasteiger partial charge >= 0.3 is 0 Å². The maximum Gasteiger partial charge on any atom is 0.262 e. The van der Waals surface area contributed by atoms with Crippen LogP contribution in [-0.2, 0) is 29.2 Å². The third kappa shape index (κ3) is 7.54. The number of ether oxygens (including phenoxy) is 1. The van der Waals surface area contributed by atoms with Gasteiger partial charge in [-0.1, -0.05) is 84.6 Å². The zero-order valence-electron chi connectivity index (χ0n) is 21.4. The molecule has 0 radical (unpaired) electrons. The average Bonchev–Trinajstić information content (AvgIpc) is 2.91. The maximum absolute atomic E-state index is 13.5. The van der Waals surface area contributed by atoms with E-state index in [0.29, 0.717) is 48.7 Å². The number of rotatable bonds is 12. The van der Waals surface area contributed by atoms with Crippen molar-refractivity contribution in [3.63, 3.8) is 0 Å². The smallest absolute Gasteiger partial charge is 0.262 e. The Balaban J connectivity index is 1.54. The van der Waals surface area contributed by atoms with Gasteiger partial charge in [0.2, 0.25) is 5.91 Å².